The van der Waals surface area contributed by atoms with Gasteiger partial charge in [0.2, 0.25) is 5.91 Å². The van der Waals surface area contributed by atoms with Gasteiger partial charge in [-0.05, 0) is 36.2 Å². The van der Waals surface area contributed by atoms with E-state index in [1.807, 2.05) is 6.07 Å². The first-order valence-electron chi connectivity index (χ1n) is 6.10. The van der Waals surface area contributed by atoms with Crippen molar-refractivity contribution in [2.24, 2.45) is 5.73 Å². The Morgan fingerprint density at radius 3 is 2.60 bits per heavy atom. The highest BCUT2D eigenvalue weighted by atomic mass is 35.5. The quantitative estimate of drug-likeness (QED) is 0.793. The van der Waals surface area contributed by atoms with Gasteiger partial charge in [0, 0.05) is 4.88 Å². The number of thiophene rings is 1. The molecule has 4 N–H and O–H groups in total. The molecule has 106 valence electrons. The molecule has 0 aliphatic heterocycles. The molecule has 2 rings (SSSR count). The summed E-state index contributed by atoms with van der Waals surface area (Å²) in [5, 5.41) is 12.0. The predicted octanol–water partition coefficient (Wildman–Crippen LogP) is 2.29. The van der Waals surface area contributed by atoms with E-state index < -0.39 is 6.04 Å². The fourth-order valence-corrected chi connectivity index (χ4v) is 2.76. The number of halogens is 1. The molecule has 0 spiro atoms. The van der Waals surface area contributed by atoms with Gasteiger partial charge in [0.15, 0.2) is 0 Å². The zero-order valence-electron chi connectivity index (χ0n) is 10.7. The molecule has 0 radical (unpaired) electrons. The maximum atomic E-state index is 11.9. The molecule has 0 saturated heterocycles. The van der Waals surface area contributed by atoms with Crippen LogP contribution < -0.4 is 11.1 Å². The minimum Gasteiger partial charge on any atom is -0.508 e. The van der Waals surface area contributed by atoms with Gasteiger partial charge in [0.1, 0.15) is 5.75 Å². The molecular weight excluding hydrogens is 296 g/mol. The highest BCUT2D eigenvalue weighted by Gasteiger charge is 2.14. The number of hydrogen-bond acceptors (Lipinski definition) is 4. The second-order valence-electron chi connectivity index (χ2n) is 4.40. The van der Waals surface area contributed by atoms with Crippen LogP contribution in [-0.4, -0.2) is 17.1 Å². The fraction of sp³-hybridized carbons (Fsp3) is 0.214. The van der Waals surface area contributed by atoms with Crippen LogP contribution in [0.2, 0.25) is 4.34 Å². The Kier molecular flexibility index (Phi) is 5.00. The first kappa shape index (κ1) is 14.8. The van der Waals surface area contributed by atoms with Crippen molar-refractivity contribution in [3.05, 3.63) is 51.2 Å². The van der Waals surface area contributed by atoms with E-state index in [1.54, 1.807) is 30.3 Å². The number of benzene rings is 1. The lowest BCUT2D eigenvalue weighted by Crippen LogP contribution is -2.41. The number of amides is 1. The van der Waals surface area contributed by atoms with Gasteiger partial charge < -0.3 is 16.2 Å². The van der Waals surface area contributed by atoms with Crippen molar-refractivity contribution < 1.29 is 9.90 Å². The number of aromatic hydroxyl groups is 1. The van der Waals surface area contributed by atoms with E-state index in [2.05, 4.69) is 5.32 Å². The Hall–Kier alpha value is -1.56. The van der Waals surface area contributed by atoms with Gasteiger partial charge in [-0.1, -0.05) is 23.7 Å². The zero-order valence-corrected chi connectivity index (χ0v) is 12.2. The molecular formula is C14H15ClN2O2S. The summed E-state index contributed by atoms with van der Waals surface area (Å²) < 4.78 is 0.697. The van der Waals surface area contributed by atoms with Crippen molar-refractivity contribution in [3.63, 3.8) is 0 Å². The number of nitrogens with one attached hydrogen (secondary N) is 1. The molecule has 20 heavy (non-hydrogen) atoms. The van der Waals surface area contributed by atoms with E-state index >= 15 is 0 Å². The molecule has 0 bridgehead atoms. The van der Waals surface area contributed by atoms with Crippen molar-refractivity contribution in [2.75, 3.05) is 0 Å². The Balaban J connectivity index is 1.84. The monoisotopic (exact) mass is 310 g/mol. The number of phenolic OH excluding ortho intramolecular Hbond substituents is 1. The molecule has 6 heteroatoms. The number of phenols is 1. The highest BCUT2D eigenvalue weighted by Crippen LogP contribution is 2.21. The Morgan fingerprint density at radius 2 is 2.00 bits per heavy atom. The lowest BCUT2D eigenvalue weighted by molar-refractivity contribution is -0.122. The maximum Gasteiger partial charge on any atom is 0.237 e. The van der Waals surface area contributed by atoms with Gasteiger partial charge in [-0.25, -0.2) is 0 Å². The molecule has 1 amide bonds. The average Bonchev–Trinajstić information content (AvgIpc) is 2.84. The predicted molar refractivity (Wildman–Crippen MR) is 81.0 cm³/mol. The standard InChI is InChI=1S/C14H15ClN2O2S/c15-13-6-5-11(20-13)8-17-14(19)12(16)7-9-1-3-10(18)4-2-9/h1-6,12,18H,7-8,16H2,(H,17,19)/t12-/m1/s1. The number of carbonyl (C=O) groups is 1. The van der Waals surface area contributed by atoms with Gasteiger partial charge in [0.05, 0.1) is 16.9 Å². The van der Waals surface area contributed by atoms with Crippen LogP contribution in [0.5, 0.6) is 5.75 Å². The Labute approximate surface area is 126 Å². The van der Waals surface area contributed by atoms with Crippen LogP contribution in [0.4, 0.5) is 0 Å². The first-order chi connectivity index (χ1) is 9.54. The molecule has 0 fully saturated rings. The van der Waals surface area contributed by atoms with Crippen molar-refractivity contribution in [2.45, 2.75) is 19.0 Å². The van der Waals surface area contributed by atoms with Crippen LogP contribution in [0, 0.1) is 0 Å². The summed E-state index contributed by atoms with van der Waals surface area (Å²) in [5.41, 5.74) is 6.77. The Morgan fingerprint density at radius 1 is 1.30 bits per heavy atom. The average molecular weight is 311 g/mol. The summed E-state index contributed by atoms with van der Waals surface area (Å²) in [6, 6.07) is 9.71. The van der Waals surface area contributed by atoms with Crippen LogP contribution in [-0.2, 0) is 17.8 Å². The third kappa shape index (κ3) is 4.23. The maximum absolute atomic E-state index is 11.9. The fourth-order valence-electron chi connectivity index (χ4n) is 1.73. The van der Waals surface area contributed by atoms with E-state index in [9.17, 15) is 9.90 Å². The van der Waals surface area contributed by atoms with Gasteiger partial charge in [-0.3, -0.25) is 4.79 Å². The SMILES string of the molecule is N[C@H](Cc1ccc(O)cc1)C(=O)NCc1ccc(Cl)s1. The third-order valence-electron chi connectivity index (χ3n) is 2.79. The summed E-state index contributed by atoms with van der Waals surface area (Å²) in [6.07, 6.45) is 0.428. The molecule has 1 aromatic carbocycles. The van der Waals surface area contributed by atoms with Crippen LogP contribution in [0.1, 0.15) is 10.4 Å². The summed E-state index contributed by atoms with van der Waals surface area (Å²) in [6.45, 7) is 0.430. The minimum atomic E-state index is -0.616. The third-order valence-corrected chi connectivity index (χ3v) is 4.03. The molecule has 0 aliphatic rings. The smallest absolute Gasteiger partial charge is 0.237 e. The zero-order chi connectivity index (χ0) is 14.5. The lowest BCUT2D eigenvalue weighted by atomic mass is 10.1. The van der Waals surface area contributed by atoms with Crippen molar-refractivity contribution in [1.82, 2.24) is 5.32 Å². The van der Waals surface area contributed by atoms with Crippen LogP contribution in [0.15, 0.2) is 36.4 Å². The largest absolute Gasteiger partial charge is 0.508 e. The number of hydrogen-bond donors (Lipinski definition) is 3. The van der Waals surface area contributed by atoms with Gasteiger partial charge >= 0.3 is 0 Å². The Bertz CT molecular complexity index is 583. The van der Waals surface area contributed by atoms with E-state index in [0.717, 1.165) is 10.4 Å². The molecule has 1 aromatic heterocycles. The van der Waals surface area contributed by atoms with E-state index in [4.69, 9.17) is 17.3 Å². The van der Waals surface area contributed by atoms with Gasteiger partial charge in [0.25, 0.3) is 0 Å². The molecule has 2 aromatic rings. The number of carbonyl (C=O) groups excluding carboxylic acids is 1. The van der Waals surface area contributed by atoms with Crippen molar-refractivity contribution >= 4 is 28.8 Å². The first-order valence-corrected chi connectivity index (χ1v) is 7.29. The van der Waals surface area contributed by atoms with Crippen LogP contribution >= 0.6 is 22.9 Å². The summed E-state index contributed by atoms with van der Waals surface area (Å²) in [4.78, 5) is 12.9. The molecule has 0 unspecified atom stereocenters. The van der Waals surface area contributed by atoms with Crippen LogP contribution in [0.3, 0.4) is 0 Å². The van der Waals surface area contributed by atoms with E-state index in [-0.39, 0.29) is 11.7 Å². The second kappa shape index (κ2) is 6.74. The van der Waals surface area contributed by atoms with E-state index in [1.165, 1.54) is 11.3 Å². The number of rotatable bonds is 5. The number of nitrogens with two attached hydrogens (primary N) is 1. The molecule has 4 nitrogen and oxygen atoms in total. The van der Waals surface area contributed by atoms with Crippen molar-refractivity contribution in [3.8, 4) is 5.75 Å². The van der Waals surface area contributed by atoms with Gasteiger partial charge in [-0.15, -0.1) is 11.3 Å². The van der Waals surface area contributed by atoms with Crippen molar-refractivity contribution in [1.29, 1.82) is 0 Å². The topological polar surface area (TPSA) is 75.3 Å². The molecule has 0 aliphatic carbocycles. The van der Waals surface area contributed by atoms with Crippen LogP contribution in [0.25, 0.3) is 0 Å². The summed E-state index contributed by atoms with van der Waals surface area (Å²) in [5.74, 6) is -0.0102. The lowest BCUT2D eigenvalue weighted by Gasteiger charge is -2.12. The van der Waals surface area contributed by atoms with Gasteiger partial charge in [-0.2, -0.15) is 0 Å². The molecule has 0 saturated carbocycles. The second-order valence-corrected chi connectivity index (χ2v) is 6.20. The summed E-state index contributed by atoms with van der Waals surface area (Å²) >= 11 is 7.25. The highest BCUT2D eigenvalue weighted by molar-refractivity contribution is 7.16. The molecule has 1 atom stereocenters. The van der Waals surface area contributed by atoms with E-state index in [0.29, 0.717) is 17.3 Å². The summed E-state index contributed by atoms with van der Waals surface area (Å²) in [7, 11) is 0. The normalized spacial score (nSPS) is 12.1. The molecule has 1 heterocycles. The minimum absolute atomic E-state index is 0.196.